The molecule has 1 aliphatic rings. The molecule has 1 saturated heterocycles. The SMILES string of the molecule is FC(F)(F)C1CCCN(Cc2nnc(Cl)s2)C1. The summed E-state index contributed by atoms with van der Waals surface area (Å²) < 4.78 is 38.1. The van der Waals surface area contributed by atoms with E-state index >= 15 is 0 Å². The molecule has 0 radical (unpaired) electrons. The van der Waals surface area contributed by atoms with Crippen LogP contribution in [0.5, 0.6) is 0 Å². The van der Waals surface area contributed by atoms with Crippen LogP contribution in [0.4, 0.5) is 13.2 Å². The lowest BCUT2D eigenvalue weighted by molar-refractivity contribution is -0.187. The second-order valence-electron chi connectivity index (χ2n) is 4.06. The second kappa shape index (κ2) is 5.07. The summed E-state index contributed by atoms with van der Waals surface area (Å²) in [5.74, 6) is -1.22. The molecule has 0 aliphatic carbocycles. The topological polar surface area (TPSA) is 29.0 Å². The molecule has 0 N–H and O–H groups in total. The molecule has 0 amide bonds. The number of halogens is 4. The first-order chi connectivity index (χ1) is 7.95. The van der Waals surface area contributed by atoms with Gasteiger partial charge in [-0.25, -0.2) is 0 Å². The molecule has 2 rings (SSSR count). The van der Waals surface area contributed by atoms with E-state index in [1.165, 1.54) is 11.3 Å². The van der Waals surface area contributed by atoms with Gasteiger partial charge in [0, 0.05) is 6.54 Å². The lowest BCUT2D eigenvalue weighted by Crippen LogP contribution is -2.41. The summed E-state index contributed by atoms with van der Waals surface area (Å²) in [5, 5.41) is 8.11. The van der Waals surface area contributed by atoms with E-state index in [1.807, 2.05) is 0 Å². The van der Waals surface area contributed by atoms with E-state index in [9.17, 15) is 13.2 Å². The number of hydrogen-bond donors (Lipinski definition) is 0. The van der Waals surface area contributed by atoms with Crippen LogP contribution in [0.1, 0.15) is 17.8 Å². The summed E-state index contributed by atoms with van der Waals surface area (Å²) >= 11 is 6.84. The third-order valence-corrected chi connectivity index (χ3v) is 3.77. The quantitative estimate of drug-likeness (QED) is 0.836. The highest BCUT2D eigenvalue weighted by molar-refractivity contribution is 7.15. The van der Waals surface area contributed by atoms with Crippen LogP contribution in [0.25, 0.3) is 0 Å². The lowest BCUT2D eigenvalue weighted by Gasteiger charge is -2.32. The Labute approximate surface area is 106 Å². The molecule has 8 heteroatoms. The van der Waals surface area contributed by atoms with Gasteiger partial charge < -0.3 is 0 Å². The largest absolute Gasteiger partial charge is 0.393 e. The molecule has 96 valence electrons. The Kier molecular flexibility index (Phi) is 3.89. The number of hydrogen-bond acceptors (Lipinski definition) is 4. The van der Waals surface area contributed by atoms with E-state index in [0.717, 1.165) is 0 Å². The normalized spacial score (nSPS) is 22.9. The fourth-order valence-corrected chi connectivity index (χ4v) is 2.86. The average molecular weight is 286 g/mol. The van der Waals surface area contributed by atoms with Crippen molar-refractivity contribution in [2.45, 2.75) is 25.6 Å². The Morgan fingerprint density at radius 2 is 2.18 bits per heavy atom. The van der Waals surface area contributed by atoms with Crippen molar-refractivity contribution in [3.05, 3.63) is 9.47 Å². The maximum atomic E-state index is 12.6. The predicted octanol–water partition coefficient (Wildman–Crippen LogP) is 2.97. The molecule has 1 unspecified atom stereocenters. The highest BCUT2D eigenvalue weighted by Crippen LogP contribution is 2.33. The van der Waals surface area contributed by atoms with Crippen molar-refractivity contribution in [1.29, 1.82) is 0 Å². The van der Waals surface area contributed by atoms with Crippen LogP contribution in [0, 0.1) is 5.92 Å². The summed E-state index contributed by atoms with van der Waals surface area (Å²) in [6.07, 6.45) is -3.31. The van der Waals surface area contributed by atoms with Crippen LogP contribution in [0.2, 0.25) is 4.47 Å². The van der Waals surface area contributed by atoms with Crippen molar-refractivity contribution < 1.29 is 13.2 Å². The van der Waals surface area contributed by atoms with Gasteiger partial charge in [0.2, 0.25) is 4.47 Å². The Morgan fingerprint density at radius 3 is 2.76 bits per heavy atom. The molecule has 0 saturated carbocycles. The van der Waals surface area contributed by atoms with Crippen molar-refractivity contribution in [3.8, 4) is 0 Å². The van der Waals surface area contributed by atoms with Gasteiger partial charge in [0.15, 0.2) is 0 Å². The number of nitrogens with zero attached hydrogens (tertiary/aromatic N) is 3. The van der Waals surface area contributed by atoms with Gasteiger partial charge in [-0.15, -0.1) is 10.2 Å². The first-order valence-electron chi connectivity index (χ1n) is 5.22. The Bertz CT molecular complexity index is 382. The summed E-state index contributed by atoms with van der Waals surface area (Å²) in [7, 11) is 0. The predicted molar refractivity (Wildman–Crippen MR) is 59.0 cm³/mol. The van der Waals surface area contributed by atoms with Crippen LogP contribution >= 0.6 is 22.9 Å². The smallest absolute Gasteiger partial charge is 0.296 e. The molecule has 1 aromatic rings. The maximum Gasteiger partial charge on any atom is 0.393 e. The average Bonchev–Trinajstić information content (AvgIpc) is 2.63. The van der Waals surface area contributed by atoms with Gasteiger partial charge >= 0.3 is 6.18 Å². The van der Waals surface area contributed by atoms with Crippen molar-refractivity contribution in [2.75, 3.05) is 13.1 Å². The molecule has 17 heavy (non-hydrogen) atoms. The van der Waals surface area contributed by atoms with Gasteiger partial charge in [-0.1, -0.05) is 11.3 Å². The number of alkyl halides is 3. The summed E-state index contributed by atoms with van der Waals surface area (Å²) in [4.78, 5) is 1.76. The van der Waals surface area contributed by atoms with Gasteiger partial charge in [0.1, 0.15) is 5.01 Å². The number of aromatic nitrogens is 2. The summed E-state index contributed by atoms with van der Waals surface area (Å²) in [6.45, 7) is 1.11. The molecular formula is C9H11ClF3N3S. The first kappa shape index (κ1) is 13.0. The minimum Gasteiger partial charge on any atom is -0.296 e. The number of likely N-dealkylation sites (tertiary alicyclic amines) is 1. The monoisotopic (exact) mass is 285 g/mol. The van der Waals surface area contributed by atoms with Crippen molar-refractivity contribution in [2.24, 2.45) is 5.92 Å². The second-order valence-corrected chi connectivity index (χ2v) is 5.71. The minimum atomic E-state index is -4.10. The van der Waals surface area contributed by atoms with Crippen LogP contribution in [0.3, 0.4) is 0 Å². The van der Waals surface area contributed by atoms with Crippen LogP contribution in [-0.2, 0) is 6.54 Å². The Hall–Kier alpha value is -0.400. The van der Waals surface area contributed by atoms with E-state index in [0.29, 0.717) is 29.0 Å². The van der Waals surface area contributed by atoms with Crippen molar-refractivity contribution >= 4 is 22.9 Å². The summed E-state index contributed by atoms with van der Waals surface area (Å²) in [5.41, 5.74) is 0. The van der Waals surface area contributed by atoms with E-state index in [4.69, 9.17) is 11.6 Å². The van der Waals surface area contributed by atoms with Gasteiger partial charge in [-0.05, 0) is 31.0 Å². The minimum absolute atomic E-state index is 0.0424. The molecular weight excluding hydrogens is 275 g/mol. The maximum absolute atomic E-state index is 12.6. The summed E-state index contributed by atoms with van der Waals surface area (Å²) in [6, 6.07) is 0. The lowest BCUT2D eigenvalue weighted by atomic mass is 9.98. The van der Waals surface area contributed by atoms with E-state index in [-0.39, 0.29) is 13.0 Å². The van der Waals surface area contributed by atoms with E-state index in [2.05, 4.69) is 10.2 Å². The molecule has 1 atom stereocenters. The fraction of sp³-hybridized carbons (Fsp3) is 0.778. The third kappa shape index (κ3) is 3.53. The number of piperidine rings is 1. The highest BCUT2D eigenvalue weighted by atomic mass is 35.5. The molecule has 1 fully saturated rings. The standard InChI is InChI=1S/C9H11ClF3N3S/c10-8-15-14-7(17-8)5-16-3-1-2-6(4-16)9(11,12)13/h6H,1-5H2. The zero-order valence-corrected chi connectivity index (χ0v) is 10.4. The van der Waals surface area contributed by atoms with E-state index in [1.54, 1.807) is 4.90 Å². The Balaban J connectivity index is 1.94. The van der Waals surface area contributed by atoms with Gasteiger partial charge in [-0.3, -0.25) is 4.90 Å². The first-order valence-corrected chi connectivity index (χ1v) is 6.41. The Morgan fingerprint density at radius 1 is 1.41 bits per heavy atom. The van der Waals surface area contributed by atoms with Gasteiger partial charge in [-0.2, -0.15) is 13.2 Å². The molecule has 0 aromatic carbocycles. The highest BCUT2D eigenvalue weighted by Gasteiger charge is 2.41. The molecule has 1 aromatic heterocycles. The zero-order chi connectivity index (χ0) is 12.5. The van der Waals surface area contributed by atoms with Crippen LogP contribution < -0.4 is 0 Å². The fourth-order valence-electron chi connectivity index (χ4n) is 1.95. The molecule has 3 nitrogen and oxygen atoms in total. The molecule has 1 aliphatic heterocycles. The van der Waals surface area contributed by atoms with Crippen molar-refractivity contribution in [1.82, 2.24) is 15.1 Å². The third-order valence-electron chi connectivity index (χ3n) is 2.77. The molecule has 2 heterocycles. The van der Waals surface area contributed by atoms with Crippen LogP contribution in [0.15, 0.2) is 0 Å². The van der Waals surface area contributed by atoms with E-state index < -0.39 is 12.1 Å². The van der Waals surface area contributed by atoms with Gasteiger partial charge in [0.25, 0.3) is 0 Å². The number of rotatable bonds is 2. The molecule has 0 spiro atoms. The van der Waals surface area contributed by atoms with Crippen molar-refractivity contribution in [3.63, 3.8) is 0 Å². The molecule has 0 bridgehead atoms. The van der Waals surface area contributed by atoms with Crippen LogP contribution in [-0.4, -0.2) is 34.4 Å². The van der Waals surface area contributed by atoms with Gasteiger partial charge in [0.05, 0.1) is 12.5 Å². The zero-order valence-electron chi connectivity index (χ0n) is 8.87.